The summed E-state index contributed by atoms with van der Waals surface area (Å²) < 4.78 is 29.5. The predicted molar refractivity (Wildman–Crippen MR) is 130 cm³/mol. The number of carbonyl (C=O) groups excluding carboxylic acids is 3. The van der Waals surface area contributed by atoms with Crippen LogP contribution in [0.2, 0.25) is 0 Å². The summed E-state index contributed by atoms with van der Waals surface area (Å²) in [5.41, 5.74) is 6.37. The molecule has 0 aliphatic heterocycles. The summed E-state index contributed by atoms with van der Waals surface area (Å²) in [6, 6.07) is 7.41. The number of halogens is 2. The van der Waals surface area contributed by atoms with Crippen LogP contribution in [0.15, 0.2) is 48.6 Å². The van der Waals surface area contributed by atoms with E-state index in [0.29, 0.717) is 17.0 Å². The molecule has 0 fully saturated rings. The first kappa shape index (κ1) is 25.9. The fourth-order valence-electron chi connectivity index (χ4n) is 3.18. The minimum absolute atomic E-state index is 0.108. The molecule has 1 heterocycles. The second-order valence-electron chi connectivity index (χ2n) is 7.34. The number of hydrogen-bond acceptors (Lipinski definition) is 7. The molecule has 0 saturated heterocycles. The third-order valence-electron chi connectivity index (χ3n) is 4.95. The van der Waals surface area contributed by atoms with Gasteiger partial charge < -0.3 is 25.3 Å². The Morgan fingerprint density at radius 2 is 1.83 bits per heavy atom. The summed E-state index contributed by atoms with van der Waals surface area (Å²) in [5.74, 6) is -0.733. The van der Waals surface area contributed by atoms with Gasteiger partial charge in [-0.25, -0.2) is 9.37 Å². The molecule has 2 atom stereocenters. The molecule has 2 unspecified atom stereocenters. The number of pyridine rings is 1. The van der Waals surface area contributed by atoms with Crippen LogP contribution in [0.1, 0.15) is 26.5 Å². The largest absolute Gasteiger partial charge is 0.494 e. The van der Waals surface area contributed by atoms with Crippen LogP contribution in [-0.4, -0.2) is 61.0 Å². The number of alkyl halides is 2. The summed E-state index contributed by atoms with van der Waals surface area (Å²) in [7, 11) is 2.85. The van der Waals surface area contributed by atoms with Crippen molar-refractivity contribution in [2.75, 3.05) is 27.4 Å². The van der Waals surface area contributed by atoms with Gasteiger partial charge in [0.05, 0.1) is 25.6 Å². The van der Waals surface area contributed by atoms with Crippen LogP contribution in [0.5, 0.6) is 17.2 Å². The first-order valence-corrected chi connectivity index (χ1v) is 11.3. The van der Waals surface area contributed by atoms with E-state index < -0.39 is 28.6 Å². The molecule has 2 aromatic rings. The highest BCUT2D eigenvalue weighted by Gasteiger charge is 2.22. The van der Waals surface area contributed by atoms with E-state index in [-0.39, 0.29) is 35.9 Å². The average molecular weight is 548 g/mol. The highest BCUT2D eigenvalue weighted by molar-refractivity contribution is 9.09. The summed E-state index contributed by atoms with van der Waals surface area (Å²) >= 11 is 3.25. The van der Waals surface area contributed by atoms with Crippen LogP contribution in [0.25, 0.3) is 5.57 Å². The van der Waals surface area contributed by atoms with Crippen LogP contribution in [-0.2, 0) is 4.79 Å². The lowest BCUT2D eigenvalue weighted by Crippen LogP contribution is -2.30. The maximum atomic E-state index is 13.8. The van der Waals surface area contributed by atoms with Crippen molar-refractivity contribution in [1.82, 2.24) is 10.3 Å². The number of allylic oxidation sites excluding steroid dienone is 4. The lowest BCUT2D eigenvalue weighted by atomic mass is 10.0. The van der Waals surface area contributed by atoms with Crippen molar-refractivity contribution < 1.29 is 33.0 Å². The fourth-order valence-corrected chi connectivity index (χ4v) is 3.64. The number of ketones is 1. The van der Waals surface area contributed by atoms with Gasteiger partial charge in [0.15, 0.2) is 23.9 Å². The number of hydrogen-bond donors (Lipinski definition) is 2. The van der Waals surface area contributed by atoms with Crippen molar-refractivity contribution in [2.45, 2.75) is 11.0 Å². The molecule has 11 heteroatoms. The Labute approximate surface area is 209 Å². The number of methoxy groups -OCH3 is 2. The Hall–Kier alpha value is -3.73. The number of nitrogens with one attached hydrogen (secondary N) is 1. The topological polar surface area (TPSA) is 130 Å². The third-order valence-corrected chi connectivity index (χ3v) is 5.71. The predicted octanol–water partition coefficient (Wildman–Crippen LogP) is 2.63. The Bertz CT molecular complexity index is 1200. The number of benzene rings is 1. The Morgan fingerprint density at radius 1 is 1.11 bits per heavy atom. The third kappa shape index (κ3) is 6.44. The summed E-state index contributed by atoms with van der Waals surface area (Å²) in [5, 5.41) is 2.54. The first-order chi connectivity index (χ1) is 16.7. The summed E-state index contributed by atoms with van der Waals surface area (Å²) in [4.78, 5) is 40.1. The second-order valence-corrected chi connectivity index (χ2v) is 8.40. The molecule has 3 rings (SSSR count). The maximum Gasteiger partial charge on any atom is 0.255 e. The SMILES string of the molecule is COc1cc(C(=O)NCC(=O)c2ccc(OC)c(C3=CC(Br)C(F)C=C3)n2)ccc1OCC(N)=O. The normalized spacial score (nSPS) is 16.7. The number of ether oxygens (including phenoxy) is 3. The molecule has 0 saturated carbocycles. The minimum atomic E-state index is -1.17. The van der Waals surface area contributed by atoms with E-state index in [0.717, 1.165) is 0 Å². The van der Waals surface area contributed by atoms with Crippen molar-refractivity contribution >= 4 is 39.1 Å². The van der Waals surface area contributed by atoms with Crippen LogP contribution in [0.4, 0.5) is 4.39 Å². The van der Waals surface area contributed by atoms with E-state index in [4.69, 9.17) is 19.9 Å². The van der Waals surface area contributed by atoms with Crippen molar-refractivity contribution in [1.29, 1.82) is 0 Å². The van der Waals surface area contributed by atoms with Gasteiger partial charge in [0, 0.05) is 11.1 Å². The van der Waals surface area contributed by atoms with Crippen LogP contribution in [0, 0.1) is 0 Å². The van der Waals surface area contributed by atoms with Crippen molar-refractivity contribution in [3.8, 4) is 17.2 Å². The molecule has 9 nitrogen and oxygen atoms in total. The monoisotopic (exact) mass is 547 g/mol. The number of aromatic nitrogens is 1. The minimum Gasteiger partial charge on any atom is -0.494 e. The number of primary amides is 1. The number of carbonyl (C=O) groups is 3. The Morgan fingerprint density at radius 3 is 2.49 bits per heavy atom. The Balaban J connectivity index is 1.71. The molecule has 3 N–H and O–H groups in total. The standard InChI is InChI=1S/C24H23BrFN3O6/c1-33-20-8-6-17(29-23(20)13-3-5-16(26)15(25)9-13)18(30)11-28-24(32)14-4-7-19(21(10-14)34-2)35-12-22(27)31/h3-10,15-16H,11-12H2,1-2H3,(H2,27,31)(H,28,32). The molecule has 184 valence electrons. The zero-order valence-corrected chi connectivity index (χ0v) is 20.5. The molecule has 1 aliphatic carbocycles. The molecular formula is C24H23BrFN3O6. The van der Waals surface area contributed by atoms with E-state index in [9.17, 15) is 18.8 Å². The molecular weight excluding hydrogens is 525 g/mol. The van der Waals surface area contributed by atoms with Gasteiger partial charge in [-0.3, -0.25) is 14.4 Å². The van der Waals surface area contributed by atoms with Gasteiger partial charge in [0.25, 0.3) is 11.8 Å². The van der Waals surface area contributed by atoms with E-state index in [1.165, 1.54) is 44.6 Å². The van der Waals surface area contributed by atoms with Crippen LogP contribution >= 0.6 is 15.9 Å². The maximum absolute atomic E-state index is 13.8. The molecule has 0 bridgehead atoms. The quantitative estimate of drug-likeness (QED) is 0.345. The van der Waals surface area contributed by atoms with Crippen molar-refractivity contribution in [3.05, 3.63) is 65.5 Å². The van der Waals surface area contributed by atoms with Gasteiger partial charge in [-0.1, -0.05) is 28.1 Å². The second kappa shape index (κ2) is 11.6. The molecule has 0 radical (unpaired) electrons. The lowest BCUT2D eigenvalue weighted by Gasteiger charge is -2.17. The first-order valence-electron chi connectivity index (χ1n) is 10.4. The molecule has 2 amide bonds. The van der Waals surface area contributed by atoms with Gasteiger partial charge >= 0.3 is 0 Å². The number of nitrogens with zero attached hydrogens (tertiary/aromatic N) is 1. The van der Waals surface area contributed by atoms with Gasteiger partial charge in [0.1, 0.15) is 23.3 Å². The number of nitrogens with two attached hydrogens (primary N) is 1. The van der Waals surface area contributed by atoms with Crippen molar-refractivity contribution in [2.24, 2.45) is 5.73 Å². The molecule has 1 aliphatic rings. The van der Waals surface area contributed by atoms with E-state index in [2.05, 4.69) is 26.2 Å². The summed E-state index contributed by atoms with van der Waals surface area (Å²) in [6.45, 7) is -0.660. The molecule has 35 heavy (non-hydrogen) atoms. The fraction of sp³-hybridized carbons (Fsp3) is 0.250. The zero-order chi connectivity index (χ0) is 25.5. The van der Waals surface area contributed by atoms with E-state index in [1.807, 2.05) is 0 Å². The number of Topliss-reactive ketones (excluding diaryl/α,β-unsaturated/α-hetero) is 1. The van der Waals surface area contributed by atoms with Crippen LogP contribution in [0.3, 0.4) is 0 Å². The summed E-state index contributed by atoms with van der Waals surface area (Å²) in [6.07, 6.45) is 3.44. The highest BCUT2D eigenvalue weighted by atomic mass is 79.9. The highest BCUT2D eigenvalue weighted by Crippen LogP contribution is 2.31. The number of amides is 2. The van der Waals surface area contributed by atoms with Gasteiger partial charge in [-0.05, 0) is 36.4 Å². The molecule has 0 spiro atoms. The number of rotatable bonds is 10. The van der Waals surface area contributed by atoms with Gasteiger partial charge in [-0.15, -0.1) is 0 Å². The van der Waals surface area contributed by atoms with Crippen molar-refractivity contribution in [3.63, 3.8) is 0 Å². The van der Waals surface area contributed by atoms with Gasteiger partial charge in [0.2, 0.25) is 0 Å². The smallest absolute Gasteiger partial charge is 0.255 e. The van der Waals surface area contributed by atoms with E-state index in [1.54, 1.807) is 18.2 Å². The molecule has 1 aromatic carbocycles. The Kier molecular flexibility index (Phi) is 8.58. The molecule has 1 aromatic heterocycles. The van der Waals surface area contributed by atoms with E-state index >= 15 is 0 Å². The van der Waals surface area contributed by atoms with Gasteiger partial charge in [-0.2, -0.15) is 0 Å². The van der Waals surface area contributed by atoms with Crippen LogP contribution < -0.4 is 25.3 Å². The average Bonchev–Trinajstić information content (AvgIpc) is 2.86. The lowest BCUT2D eigenvalue weighted by molar-refractivity contribution is -0.119. The zero-order valence-electron chi connectivity index (χ0n) is 18.9.